The Balaban J connectivity index is 1.51. The molecule has 9 nitrogen and oxygen atoms in total. The van der Waals surface area contributed by atoms with E-state index in [2.05, 4.69) is 9.97 Å². The van der Waals surface area contributed by atoms with E-state index in [4.69, 9.17) is 13.6 Å². The molecule has 3 aromatic rings. The van der Waals surface area contributed by atoms with Crippen molar-refractivity contribution >= 4 is 12.0 Å². The highest BCUT2D eigenvalue weighted by atomic mass is 16.6. The van der Waals surface area contributed by atoms with E-state index in [0.29, 0.717) is 11.4 Å². The average molecular weight is 382 g/mol. The van der Waals surface area contributed by atoms with Crippen LogP contribution < -0.4 is 0 Å². The fraction of sp³-hybridized carbons (Fsp3) is 0.263. The Hall–Kier alpha value is -3.62. The van der Waals surface area contributed by atoms with Crippen LogP contribution >= 0.6 is 0 Å². The highest BCUT2D eigenvalue weighted by Gasteiger charge is 2.36. The molecule has 4 rings (SSSR count). The summed E-state index contributed by atoms with van der Waals surface area (Å²) < 4.78 is 15.2. The minimum atomic E-state index is -0.509. The van der Waals surface area contributed by atoms with Crippen molar-refractivity contribution in [2.24, 2.45) is 0 Å². The highest BCUT2D eigenvalue weighted by Crippen LogP contribution is 2.27. The molecule has 28 heavy (non-hydrogen) atoms. The Kier molecular flexibility index (Phi) is 5.05. The highest BCUT2D eigenvalue weighted by molar-refractivity contribution is 5.83. The lowest BCUT2D eigenvalue weighted by atomic mass is 10.1. The van der Waals surface area contributed by atoms with Crippen LogP contribution in [-0.4, -0.2) is 44.9 Å². The number of benzene rings is 1. The maximum atomic E-state index is 13.0. The van der Waals surface area contributed by atoms with E-state index >= 15 is 0 Å². The zero-order valence-corrected chi connectivity index (χ0v) is 14.9. The number of oxazole rings is 2. The van der Waals surface area contributed by atoms with Crippen molar-refractivity contribution in [2.45, 2.75) is 19.1 Å². The van der Waals surface area contributed by atoms with Gasteiger partial charge in [-0.15, -0.1) is 0 Å². The van der Waals surface area contributed by atoms with E-state index in [-0.39, 0.29) is 38.2 Å². The van der Waals surface area contributed by atoms with E-state index in [1.165, 1.54) is 30.2 Å². The van der Waals surface area contributed by atoms with Crippen LogP contribution in [0, 0.1) is 0 Å². The topological polar surface area (TPSA) is 102 Å². The molecule has 0 bridgehead atoms. The second-order valence-electron chi connectivity index (χ2n) is 6.34. The molecule has 144 valence electrons. The van der Waals surface area contributed by atoms with Gasteiger partial charge in [-0.1, -0.05) is 30.3 Å². The quantitative estimate of drug-likeness (QED) is 0.618. The summed E-state index contributed by atoms with van der Waals surface area (Å²) in [5.74, 6) is -0.259. The fourth-order valence-corrected chi connectivity index (χ4v) is 3.08. The molecule has 1 aromatic carbocycles. The minimum absolute atomic E-state index is 0.117. The monoisotopic (exact) mass is 382 g/mol. The Morgan fingerprint density at radius 3 is 2.29 bits per heavy atom. The first kappa shape index (κ1) is 17.8. The summed E-state index contributed by atoms with van der Waals surface area (Å²) in [7, 11) is 0. The third kappa shape index (κ3) is 3.88. The number of carbonyl (C=O) groups is 2. The van der Waals surface area contributed by atoms with Crippen molar-refractivity contribution in [3.05, 3.63) is 72.6 Å². The smallest absolute Gasteiger partial charge is 0.410 e. The van der Waals surface area contributed by atoms with Gasteiger partial charge in [-0.3, -0.25) is 9.69 Å². The minimum Gasteiger partial charge on any atom is -0.451 e. The van der Waals surface area contributed by atoms with Gasteiger partial charge in [0.05, 0.1) is 30.5 Å². The molecule has 0 unspecified atom stereocenters. The molecule has 1 saturated heterocycles. The lowest BCUT2D eigenvalue weighted by Crippen LogP contribution is -2.41. The number of hydrogen-bond acceptors (Lipinski definition) is 7. The van der Waals surface area contributed by atoms with Gasteiger partial charge >= 0.3 is 6.09 Å². The first-order valence-corrected chi connectivity index (χ1v) is 8.71. The van der Waals surface area contributed by atoms with Crippen LogP contribution in [-0.2, 0) is 22.6 Å². The normalized spacial score (nSPS) is 16.2. The maximum Gasteiger partial charge on any atom is 0.410 e. The molecule has 0 saturated carbocycles. The molecular weight excluding hydrogens is 364 g/mol. The Morgan fingerprint density at radius 2 is 1.71 bits per heavy atom. The average Bonchev–Trinajstić information content (AvgIpc) is 3.46. The molecule has 1 aliphatic rings. The third-order valence-electron chi connectivity index (χ3n) is 4.49. The van der Waals surface area contributed by atoms with Crippen LogP contribution in [0.2, 0.25) is 0 Å². The van der Waals surface area contributed by atoms with Crippen LogP contribution in [0.5, 0.6) is 0 Å². The summed E-state index contributed by atoms with van der Waals surface area (Å²) in [6.07, 6.45) is 5.04. The summed E-state index contributed by atoms with van der Waals surface area (Å²) >= 11 is 0. The molecule has 1 fully saturated rings. The van der Waals surface area contributed by atoms with Crippen molar-refractivity contribution in [1.29, 1.82) is 0 Å². The number of rotatable bonds is 7. The van der Waals surface area contributed by atoms with Gasteiger partial charge in [0.15, 0.2) is 12.8 Å². The molecule has 0 aliphatic carbocycles. The molecule has 3 heterocycles. The van der Waals surface area contributed by atoms with Gasteiger partial charge in [-0.25, -0.2) is 14.8 Å². The summed E-state index contributed by atoms with van der Waals surface area (Å²) in [4.78, 5) is 36.4. The second-order valence-corrected chi connectivity index (χ2v) is 6.34. The van der Waals surface area contributed by atoms with Gasteiger partial charge in [0.1, 0.15) is 25.7 Å². The van der Waals surface area contributed by atoms with Gasteiger partial charge in [-0.05, 0) is 5.56 Å². The number of nitrogens with zero attached hydrogens (tertiary/aromatic N) is 4. The molecule has 9 heteroatoms. The fourth-order valence-electron chi connectivity index (χ4n) is 3.08. The van der Waals surface area contributed by atoms with E-state index in [9.17, 15) is 9.59 Å². The Bertz CT molecular complexity index is 875. The van der Waals surface area contributed by atoms with Crippen LogP contribution in [0.15, 0.2) is 64.5 Å². The first-order valence-electron chi connectivity index (χ1n) is 8.71. The number of hydrogen-bond donors (Lipinski definition) is 0. The van der Waals surface area contributed by atoms with E-state index in [0.717, 1.165) is 5.56 Å². The summed E-state index contributed by atoms with van der Waals surface area (Å²) in [5.41, 5.74) is 2.11. The lowest BCUT2D eigenvalue weighted by molar-refractivity contribution is -0.133. The summed E-state index contributed by atoms with van der Waals surface area (Å²) in [6.45, 7) is 0.541. The van der Waals surface area contributed by atoms with Gasteiger partial charge < -0.3 is 18.5 Å². The zero-order valence-electron chi connectivity index (χ0n) is 14.9. The van der Waals surface area contributed by atoms with Crippen molar-refractivity contribution in [1.82, 2.24) is 19.8 Å². The van der Waals surface area contributed by atoms with Gasteiger partial charge in [0.2, 0.25) is 5.91 Å². The Morgan fingerprint density at radius 1 is 1.07 bits per heavy atom. The Labute approximate surface area is 160 Å². The molecule has 1 atom stereocenters. The number of amides is 2. The molecule has 1 aliphatic heterocycles. The van der Waals surface area contributed by atoms with Crippen LogP contribution in [0.4, 0.5) is 4.79 Å². The van der Waals surface area contributed by atoms with Gasteiger partial charge in [-0.2, -0.15) is 0 Å². The number of ether oxygens (including phenoxy) is 1. The predicted octanol–water partition coefficient (Wildman–Crippen LogP) is 2.38. The molecule has 2 aromatic heterocycles. The molecule has 0 N–H and O–H groups in total. The van der Waals surface area contributed by atoms with Crippen LogP contribution in [0.1, 0.15) is 23.0 Å². The maximum absolute atomic E-state index is 13.0. The van der Waals surface area contributed by atoms with Crippen molar-refractivity contribution in [2.75, 3.05) is 13.2 Å². The van der Waals surface area contributed by atoms with Gasteiger partial charge in [0, 0.05) is 0 Å². The van der Waals surface area contributed by atoms with Crippen LogP contribution in [0.3, 0.4) is 0 Å². The third-order valence-corrected chi connectivity index (χ3v) is 4.49. The predicted molar refractivity (Wildman–Crippen MR) is 94.5 cm³/mol. The van der Waals surface area contributed by atoms with Crippen molar-refractivity contribution < 1.29 is 23.2 Å². The molecule has 0 spiro atoms. The number of cyclic esters (lactones) is 1. The molecular formula is C19H18N4O5. The van der Waals surface area contributed by atoms with Crippen molar-refractivity contribution in [3.8, 4) is 0 Å². The van der Waals surface area contributed by atoms with Crippen molar-refractivity contribution in [3.63, 3.8) is 0 Å². The number of aromatic nitrogens is 2. The van der Waals surface area contributed by atoms with E-state index in [1.54, 1.807) is 4.90 Å². The summed E-state index contributed by atoms with van der Waals surface area (Å²) in [5, 5.41) is 0. The second kappa shape index (κ2) is 7.95. The zero-order chi connectivity index (χ0) is 19.3. The van der Waals surface area contributed by atoms with Crippen LogP contribution in [0.25, 0.3) is 0 Å². The van der Waals surface area contributed by atoms with E-state index < -0.39 is 6.09 Å². The molecule has 0 radical (unpaired) electrons. The van der Waals surface area contributed by atoms with Gasteiger partial charge in [0.25, 0.3) is 0 Å². The molecule has 2 amide bonds. The SMILES string of the molecule is O=C(CN1C(=O)OC[C@@H]1c1ccccc1)N(Cc1cocn1)Cc1cocn1. The lowest BCUT2D eigenvalue weighted by Gasteiger charge is -2.26. The first-order chi connectivity index (χ1) is 13.7. The summed E-state index contributed by atoms with van der Waals surface area (Å²) in [6, 6.07) is 9.19. The number of carbonyl (C=O) groups excluding carboxylic acids is 2. The largest absolute Gasteiger partial charge is 0.451 e. The van der Waals surface area contributed by atoms with E-state index in [1.807, 2.05) is 30.3 Å². The standard InChI is InChI=1S/C19H18N4O5/c24-18(8-23-17(11-28-19(23)25)14-4-2-1-3-5-14)22(6-15-9-26-12-20-15)7-16-10-27-13-21-16/h1-5,9-10,12-13,17H,6-8,11H2/t17-/m1/s1.